The van der Waals surface area contributed by atoms with Gasteiger partial charge < -0.3 is 9.64 Å². The molecule has 0 radical (unpaired) electrons. The molecule has 0 aromatic carbocycles. The van der Waals surface area contributed by atoms with Gasteiger partial charge in [-0.2, -0.15) is 5.10 Å². The number of hydrogen-bond donors (Lipinski definition) is 0. The number of rotatable bonds is 3. The third-order valence-electron chi connectivity index (χ3n) is 4.17. The molecule has 0 saturated carbocycles. The van der Waals surface area contributed by atoms with Crippen molar-refractivity contribution in [1.29, 1.82) is 0 Å². The second kappa shape index (κ2) is 5.07. The minimum absolute atomic E-state index is 0.111. The zero-order valence-electron chi connectivity index (χ0n) is 12.3. The van der Waals surface area contributed by atoms with Crippen molar-refractivity contribution in [3.8, 4) is 0 Å². The van der Waals surface area contributed by atoms with E-state index in [4.69, 9.17) is 4.74 Å². The van der Waals surface area contributed by atoms with Crippen LogP contribution >= 0.6 is 11.8 Å². The quantitative estimate of drug-likeness (QED) is 0.849. The monoisotopic (exact) mass is 295 g/mol. The number of amides is 1. The Morgan fingerprint density at radius 3 is 2.95 bits per heavy atom. The highest BCUT2D eigenvalue weighted by Crippen LogP contribution is 2.46. The number of likely N-dealkylation sites (tertiary alicyclic amines) is 1. The van der Waals surface area contributed by atoms with E-state index in [-0.39, 0.29) is 10.7 Å². The third kappa shape index (κ3) is 2.24. The van der Waals surface area contributed by atoms with Crippen molar-refractivity contribution in [2.75, 3.05) is 26.0 Å². The molecular weight excluding hydrogens is 274 g/mol. The zero-order valence-corrected chi connectivity index (χ0v) is 13.1. The van der Waals surface area contributed by atoms with Gasteiger partial charge in [0.25, 0.3) is 5.91 Å². The average molecular weight is 295 g/mol. The summed E-state index contributed by atoms with van der Waals surface area (Å²) in [4.78, 5) is 14.5. The van der Waals surface area contributed by atoms with E-state index in [0.29, 0.717) is 11.8 Å². The lowest BCUT2D eigenvalue weighted by atomic mass is 9.92. The minimum atomic E-state index is 0.111. The summed E-state index contributed by atoms with van der Waals surface area (Å²) in [6.07, 6.45) is 1.41. The summed E-state index contributed by atoms with van der Waals surface area (Å²) in [5.41, 5.74) is 1.62. The first-order valence-electron chi connectivity index (χ1n) is 7.07. The van der Waals surface area contributed by atoms with Gasteiger partial charge >= 0.3 is 0 Å². The summed E-state index contributed by atoms with van der Waals surface area (Å²) in [6.45, 7) is 6.34. The number of carbonyl (C=O) groups excluding carboxylic acids is 1. The van der Waals surface area contributed by atoms with E-state index in [1.54, 1.807) is 11.8 Å². The molecule has 1 amide bonds. The van der Waals surface area contributed by atoms with Gasteiger partial charge in [0.1, 0.15) is 5.69 Å². The number of hydrogen-bond acceptors (Lipinski definition) is 4. The van der Waals surface area contributed by atoms with E-state index < -0.39 is 0 Å². The van der Waals surface area contributed by atoms with Crippen LogP contribution in [-0.2, 0) is 11.3 Å². The molecule has 0 unspecified atom stereocenters. The molecule has 6 heteroatoms. The van der Waals surface area contributed by atoms with Crippen molar-refractivity contribution in [3.63, 3.8) is 0 Å². The lowest BCUT2D eigenvalue weighted by Crippen LogP contribution is -2.61. The first-order chi connectivity index (χ1) is 9.57. The maximum Gasteiger partial charge on any atom is 0.272 e. The SMILES string of the molecule is CCn1nc(C)cc1C(=O)N1CC2(C[C@H](OC)CS2)C1. The number of methoxy groups -OCH3 is 1. The average Bonchev–Trinajstić information content (AvgIpc) is 2.99. The van der Waals surface area contributed by atoms with Crippen LogP contribution in [0.1, 0.15) is 29.5 Å². The summed E-state index contributed by atoms with van der Waals surface area (Å²) in [7, 11) is 1.77. The van der Waals surface area contributed by atoms with Gasteiger partial charge in [-0.3, -0.25) is 9.48 Å². The molecule has 1 aromatic rings. The lowest BCUT2D eigenvalue weighted by Gasteiger charge is -2.47. The number of aromatic nitrogens is 2. The van der Waals surface area contributed by atoms with Crippen molar-refractivity contribution >= 4 is 17.7 Å². The van der Waals surface area contributed by atoms with Crippen molar-refractivity contribution in [1.82, 2.24) is 14.7 Å². The van der Waals surface area contributed by atoms with Crippen molar-refractivity contribution in [2.45, 2.75) is 37.7 Å². The second-order valence-electron chi connectivity index (χ2n) is 5.70. The summed E-state index contributed by atoms with van der Waals surface area (Å²) < 4.78 is 7.46. The van der Waals surface area contributed by atoms with E-state index in [0.717, 1.165) is 37.5 Å². The maximum absolute atomic E-state index is 12.5. The Balaban J connectivity index is 1.66. The molecule has 2 fully saturated rings. The summed E-state index contributed by atoms with van der Waals surface area (Å²) in [5, 5.41) is 4.35. The topological polar surface area (TPSA) is 47.4 Å². The first-order valence-corrected chi connectivity index (χ1v) is 8.06. The highest BCUT2D eigenvalue weighted by molar-refractivity contribution is 8.01. The Morgan fingerprint density at radius 2 is 2.35 bits per heavy atom. The number of carbonyl (C=O) groups is 1. The maximum atomic E-state index is 12.5. The van der Waals surface area contributed by atoms with Crippen LogP contribution in [0.3, 0.4) is 0 Å². The Labute approximate surface area is 123 Å². The fraction of sp³-hybridized carbons (Fsp3) is 0.714. The smallest absolute Gasteiger partial charge is 0.272 e. The van der Waals surface area contributed by atoms with Crippen LogP contribution in [0, 0.1) is 6.92 Å². The molecule has 20 heavy (non-hydrogen) atoms. The molecule has 3 rings (SSSR count). The molecule has 0 aliphatic carbocycles. The van der Waals surface area contributed by atoms with Crippen LogP contribution < -0.4 is 0 Å². The Kier molecular flexibility index (Phi) is 3.54. The van der Waals surface area contributed by atoms with Gasteiger partial charge in [0, 0.05) is 32.5 Å². The molecule has 2 aliphatic heterocycles. The van der Waals surface area contributed by atoms with Crippen LogP contribution in [0.4, 0.5) is 0 Å². The van der Waals surface area contributed by atoms with E-state index in [1.807, 2.05) is 36.6 Å². The molecule has 2 saturated heterocycles. The molecule has 3 heterocycles. The molecule has 110 valence electrons. The van der Waals surface area contributed by atoms with Crippen LogP contribution in [0.5, 0.6) is 0 Å². The van der Waals surface area contributed by atoms with Gasteiger partial charge in [0.2, 0.25) is 0 Å². The van der Waals surface area contributed by atoms with Gasteiger partial charge in [-0.1, -0.05) is 0 Å². The van der Waals surface area contributed by atoms with E-state index in [9.17, 15) is 4.79 Å². The third-order valence-corrected chi connectivity index (χ3v) is 5.75. The summed E-state index contributed by atoms with van der Waals surface area (Å²) >= 11 is 1.95. The Bertz CT molecular complexity index is 522. The molecule has 0 N–H and O–H groups in total. The molecular formula is C14H21N3O2S. The molecule has 1 aromatic heterocycles. The second-order valence-corrected chi connectivity index (χ2v) is 7.19. The number of thioether (sulfide) groups is 1. The molecule has 1 atom stereocenters. The van der Waals surface area contributed by atoms with Crippen LogP contribution in [0.2, 0.25) is 0 Å². The lowest BCUT2D eigenvalue weighted by molar-refractivity contribution is 0.0441. The van der Waals surface area contributed by atoms with Gasteiger partial charge in [-0.25, -0.2) is 0 Å². The van der Waals surface area contributed by atoms with E-state index in [2.05, 4.69) is 5.10 Å². The van der Waals surface area contributed by atoms with Crippen LogP contribution in [-0.4, -0.2) is 57.4 Å². The van der Waals surface area contributed by atoms with Crippen LogP contribution in [0.25, 0.3) is 0 Å². The molecule has 0 bridgehead atoms. The minimum Gasteiger partial charge on any atom is -0.381 e. The highest BCUT2D eigenvalue weighted by atomic mass is 32.2. The number of nitrogens with zero attached hydrogens (tertiary/aromatic N) is 3. The van der Waals surface area contributed by atoms with E-state index in [1.165, 1.54) is 0 Å². The largest absolute Gasteiger partial charge is 0.381 e. The van der Waals surface area contributed by atoms with Crippen molar-refractivity contribution < 1.29 is 9.53 Å². The summed E-state index contributed by atoms with van der Waals surface area (Å²) in [6, 6.07) is 1.89. The van der Waals surface area contributed by atoms with Gasteiger partial charge in [-0.05, 0) is 26.3 Å². The van der Waals surface area contributed by atoms with Gasteiger partial charge in [0.15, 0.2) is 0 Å². The standard InChI is InChI=1S/C14H21N3O2S/c1-4-17-12(5-10(2)15-17)13(18)16-8-14(9-16)6-11(19-3)7-20-14/h5,11H,4,6-9H2,1-3H3/t11-/m0/s1. The first kappa shape index (κ1) is 13.9. The van der Waals surface area contributed by atoms with Gasteiger partial charge in [0.05, 0.1) is 16.5 Å². The number of ether oxygens (including phenoxy) is 1. The summed E-state index contributed by atoms with van der Waals surface area (Å²) in [5.74, 6) is 1.16. The fourth-order valence-electron chi connectivity index (χ4n) is 3.09. The van der Waals surface area contributed by atoms with Crippen molar-refractivity contribution in [2.24, 2.45) is 0 Å². The fourth-order valence-corrected chi connectivity index (χ4v) is 4.68. The molecule has 2 aliphatic rings. The highest BCUT2D eigenvalue weighted by Gasteiger charge is 2.51. The normalized spacial score (nSPS) is 24.1. The molecule has 5 nitrogen and oxygen atoms in total. The van der Waals surface area contributed by atoms with Crippen molar-refractivity contribution in [3.05, 3.63) is 17.5 Å². The predicted molar refractivity (Wildman–Crippen MR) is 79.1 cm³/mol. The Morgan fingerprint density at radius 1 is 1.60 bits per heavy atom. The Hall–Kier alpha value is -1.01. The van der Waals surface area contributed by atoms with Crippen LogP contribution in [0.15, 0.2) is 6.07 Å². The number of aryl methyl sites for hydroxylation is 2. The zero-order chi connectivity index (χ0) is 14.3. The predicted octanol–water partition coefficient (Wildman–Crippen LogP) is 1.56. The van der Waals surface area contributed by atoms with E-state index >= 15 is 0 Å². The molecule has 1 spiro atoms. The van der Waals surface area contributed by atoms with Gasteiger partial charge in [-0.15, -0.1) is 11.8 Å².